The molecule has 0 saturated carbocycles. The Kier molecular flexibility index (Phi) is 8.44. The van der Waals surface area contributed by atoms with Gasteiger partial charge in [-0.25, -0.2) is 4.79 Å². The van der Waals surface area contributed by atoms with Crippen molar-refractivity contribution in [1.82, 2.24) is 0 Å². The first kappa shape index (κ1) is 28.8. The quantitative estimate of drug-likeness (QED) is 0.267. The number of halogens is 6. The number of hydrogen-bond donors (Lipinski definition) is 0. The van der Waals surface area contributed by atoms with Crippen LogP contribution in [0.15, 0.2) is 36.4 Å². The minimum atomic E-state index is -5.77. The van der Waals surface area contributed by atoms with Crippen LogP contribution in [0.4, 0.5) is 26.3 Å². The first-order chi connectivity index (χ1) is 15.8. The molecule has 1 atom stereocenters. The zero-order valence-electron chi connectivity index (χ0n) is 20.7. The first-order valence-electron chi connectivity index (χ1n) is 11.3. The Morgan fingerprint density at radius 1 is 0.857 bits per heavy atom. The van der Waals surface area contributed by atoms with Crippen molar-refractivity contribution in [3.63, 3.8) is 0 Å². The molecule has 0 amide bonds. The minimum Gasteiger partial charge on any atom is -0.482 e. The molecular weight excluding hydrogens is 474 g/mol. The molecule has 0 radical (unpaired) electrons. The second-order valence-electron chi connectivity index (χ2n) is 10.7. The summed E-state index contributed by atoms with van der Waals surface area (Å²) in [5.41, 5.74) is 1.37. The third kappa shape index (κ3) is 8.04. The molecule has 35 heavy (non-hydrogen) atoms. The highest BCUT2D eigenvalue weighted by Gasteiger charge is 2.59. The molecule has 0 bridgehead atoms. The van der Waals surface area contributed by atoms with Crippen LogP contribution in [0.3, 0.4) is 0 Å². The van der Waals surface area contributed by atoms with E-state index in [4.69, 9.17) is 4.74 Å². The number of carbonyl (C=O) groups is 1. The summed E-state index contributed by atoms with van der Waals surface area (Å²) < 4.78 is 84.0. The Labute approximate surface area is 201 Å². The molecule has 0 N–H and O–H groups in total. The average Bonchev–Trinajstić information content (AvgIpc) is 2.71. The summed E-state index contributed by atoms with van der Waals surface area (Å²) in [4.78, 5) is 11.6. The molecule has 0 fully saturated rings. The van der Waals surface area contributed by atoms with E-state index in [-0.39, 0.29) is 16.6 Å². The van der Waals surface area contributed by atoms with Crippen LogP contribution in [0, 0.1) is 10.8 Å². The van der Waals surface area contributed by atoms with Gasteiger partial charge in [-0.2, -0.15) is 26.3 Å². The summed E-state index contributed by atoms with van der Waals surface area (Å²) in [6.45, 7) is 12.2. The predicted octanol–water partition coefficient (Wildman–Crippen LogP) is 8.21. The Morgan fingerprint density at radius 2 is 1.40 bits per heavy atom. The van der Waals surface area contributed by atoms with Gasteiger partial charge in [0.05, 0.1) is 0 Å². The van der Waals surface area contributed by atoms with E-state index in [2.05, 4.69) is 52.3 Å². The predicted molar refractivity (Wildman–Crippen MR) is 122 cm³/mol. The van der Waals surface area contributed by atoms with Crippen LogP contribution in [-0.2, 0) is 9.53 Å². The molecule has 2 rings (SSSR count). The van der Waals surface area contributed by atoms with Gasteiger partial charge in [-0.05, 0) is 51.6 Å². The molecule has 0 spiro atoms. The van der Waals surface area contributed by atoms with Gasteiger partial charge in [0.15, 0.2) is 6.61 Å². The standard InChI is InChI=1S/C26H32F6O3/c1-7-24(5,6)20(14-23(2,3)4)18-9-8-17-13-19(11-10-16(17)12-18)34-15-21(33)35-22(25(27,28)29)26(30,31)32/h8-13,20,22H,7,14-15H2,1-6H3. The SMILES string of the molecule is CCC(C)(C)C(CC(C)(C)C)c1ccc2cc(OCC(=O)OC(C(F)(F)F)C(F)(F)F)ccc2c1. The summed E-state index contributed by atoms with van der Waals surface area (Å²) in [7, 11) is 0. The molecule has 196 valence electrons. The van der Waals surface area contributed by atoms with Crippen molar-refractivity contribution in [2.24, 2.45) is 10.8 Å². The van der Waals surface area contributed by atoms with E-state index < -0.39 is 31.0 Å². The van der Waals surface area contributed by atoms with E-state index >= 15 is 0 Å². The highest BCUT2D eigenvalue weighted by atomic mass is 19.4. The number of esters is 1. The Bertz CT molecular complexity index is 1000. The minimum absolute atomic E-state index is 0.0645. The molecule has 0 aromatic heterocycles. The number of benzene rings is 2. The smallest absolute Gasteiger partial charge is 0.434 e. The lowest BCUT2D eigenvalue weighted by molar-refractivity contribution is -0.313. The number of carbonyl (C=O) groups excluding carboxylic acids is 1. The summed E-state index contributed by atoms with van der Waals surface area (Å²) >= 11 is 0. The maximum Gasteiger partial charge on any atom is 0.434 e. The van der Waals surface area contributed by atoms with Crippen LogP contribution in [0.1, 0.15) is 65.9 Å². The van der Waals surface area contributed by atoms with Crippen LogP contribution >= 0.6 is 0 Å². The van der Waals surface area contributed by atoms with E-state index in [1.54, 1.807) is 12.1 Å². The lowest BCUT2D eigenvalue weighted by Gasteiger charge is -2.38. The topological polar surface area (TPSA) is 35.5 Å². The highest BCUT2D eigenvalue weighted by Crippen LogP contribution is 2.46. The van der Waals surface area contributed by atoms with Crippen LogP contribution in [0.25, 0.3) is 10.8 Å². The third-order valence-electron chi connectivity index (χ3n) is 6.11. The molecule has 0 aliphatic carbocycles. The third-order valence-corrected chi connectivity index (χ3v) is 6.11. The zero-order chi connectivity index (χ0) is 26.8. The molecule has 0 saturated heterocycles. The maximum atomic E-state index is 12.6. The number of rotatable bonds is 8. The molecule has 0 aliphatic heterocycles. The second-order valence-corrected chi connectivity index (χ2v) is 10.7. The average molecular weight is 507 g/mol. The number of ether oxygens (including phenoxy) is 2. The van der Waals surface area contributed by atoms with Crippen molar-refractivity contribution in [3.05, 3.63) is 42.0 Å². The summed E-state index contributed by atoms with van der Waals surface area (Å²) in [5.74, 6) is -1.34. The van der Waals surface area contributed by atoms with Crippen molar-refractivity contribution in [2.45, 2.75) is 78.8 Å². The zero-order valence-corrected chi connectivity index (χ0v) is 20.7. The fourth-order valence-corrected chi connectivity index (χ4v) is 3.88. The van der Waals surface area contributed by atoms with E-state index in [1.807, 2.05) is 12.1 Å². The van der Waals surface area contributed by atoms with Crippen LogP contribution in [0.5, 0.6) is 5.75 Å². The molecule has 2 aromatic carbocycles. The fraction of sp³-hybridized carbons (Fsp3) is 0.577. The summed E-state index contributed by atoms with van der Waals surface area (Å²) in [5, 5.41) is 1.66. The van der Waals surface area contributed by atoms with Gasteiger partial charge in [0.1, 0.15) is 5.75 Å². The van der Waals surface area contributed by atoms with E-state index in [0.29, 0.717) is 5.92 Å². The van der Waals surface area contributed by atoms with Gasteiger partial charge in [0, 0.05) is 0 Å². The van der Waals surface area contributed by atoms with Crippen molar-refractivity contribution in [1.29, 1.82) is 0 Å². The van der Waals surface area contributed by atoms with Gasteiger partial charge in [-0.3, -0.25) is 0 Å². The van der Waals surface area contributed by atoms with Crippen LogP contribution < -0.4 is 4.74 Å². The lowest BCUT2D eigenvalue weighted by atomic mass is 9.67. The summed E-state index contributed by atoms with van der Waals surface area (Å²) in [6.07, 6.45) is -13.8. The van der Waals surface area contributed by atoms with Crippen LogP contribution in [0.2, 0.25) is 0 Å². The monoisotopic (exact) mass is 506 g/mol. The fourth-order valence-electron chi connectivity index (χ4n) is 3.88. The molecular formula is C26H32F6O3. The number of hydrogen-bond acceptors (Lipinski definition) is 3. The molecule has 0 aliphatic rings. The molecule has 2 aromatic rings. The highest BCUT2D eigenvalue weighted by molar-refractivity contribution is 5.84. The Balaban J connectivity index is 2.19. The molecule has 1 unspecified atom stereocenters. The summed E-state index contributed by atoms with van der Waals surface area (Å²) in [6, 6.07) is 10.8. The van der Waals surface area contributed by atoms with Gasteiger partial charge >= 0.3 is 18.3 Å². The van der Waals surface area contributed by atoms with Crippen molar-refractivity contribution >= 4 is 16.7 Å². The van der Waals surface area contributed by atoms with Crippen LogP contribution in [-0.4, -0.2) is 31.0 Å². The van der Waals surface area contributed by atoms with Gasteiger partial charge in [0.25, 0.3) is 6.10 Å². The lowest BCUT2D eigenvalue weighted by Crippen LogP contribution is -2.46. The largest absolute Gasteiger partial charge is 0.482 e. The molecule has 3 nitrogen and oxygen atoms in total. The van der Waals surface area contributed by atoms with Crippen molar-refractivity contribution in [2.75, 3.05) is 6.61 Å². The van der Waals surface area contributed by atoms with Gasteiger partial charge in [-0.1, -0.05) is 72.2 Å². The van der Waals surface area contributed by atoms with Crippen molar-refractivity contribution in [3.8, 4) is 5.75 Å². The second kappa shape index (κ2) is 10.3. The van der Waals surface area contributed by atoms with Crippen molar-refractivity contribution < 1.29 is 40.6 Å². The molecule has 0 heterocycles. The van der Waals surface area contributed by atoms with Gasteiger partial charge in [-0.15, -0.1) is 0 Å². The van der Waals surface area contributed by atoms with E-state index in [0.717, 1.165) is 23.6 Å². The Hall–Kier alpha value is -2.45. The van der Waals surface area contributed by atoms with Gasteiger partial charge in [0.2, 0.25) is 0 Å². The first-order valence-corrected chi connectivity index (χ1v) is 11.3. The maximum absolute atomic E-state index is 12.6. The number of alkyl halides is 6. The Morgan fingerprint density at radius 3 is 1.91 bits per heavy atom. The van der Waals surface area contributed by atoms with E-state index in [9.17, 15) is 31.1 Å². The normalized spacial score (nSPS) is 14.3. The molecule has 9 heteroatoms. The number of fused-ring (bicyclic) bond motifs is 1. The van der Waals surface area contributed by atoms with Gasteiger partial charge < -0.3 is 9.47 Å². The van der Waals surface area contributed by atoms with E-state index in [1.165, 1.54) is 11.6 Å².